The summed E-state index contributed by atoms with van der Waals surface area (Å²) in [5, 5.41) is 9.50. The quantitative estimate of drug-likeness (QED) is 0.801. The van der Waals surface area contributed by atoms with Crippen LogP contribution in [0.1, 0.15) is 35.7 Å². The fraction of sp³-hybridized carbons (Fsp3) is 0.421. The first-order chi connectivity index (χ1) is 12.6. The number of benzene rings is 1. The predicted molar refractivity (Wildman–Crippen MR) is 98.4 cm³/mol. The van der Waals surface area contributed by atoms with Crippen molar-refractivity contribution in [2.45, 2.75) is 39.3 Å². The van der Waals surface area contributed by atoms with Gasteiger partial charge >= 0.3 is 12.0 Å². The van der Waals surface area contributed by atoms with E-state index in [0.29, 0.717) is 30.7 Å². The summed E-state index contributed by atoms with van der Waals surface area (Å²) >= 11 is 6.29. The van der Waals surface area contributed by atoms with E-state index < -0.39 is 5.97 Å². The zero-order chi connectivity index (χ0) is 18.5. The third kappa shape index (κ3) is 4.51. The number of nitrogens with zero attached hydrogens (tertiary/aromatic N) is 3. The fourth-order valence-electron chi connectivity index (χ4n) is 3.10. The average Bonchev–Trinajstić information content (AvgIpc) is 2.64. The number of halogens is 1. The van der Waals surface area contributed by atoms with Gasteiger partial charge in [-0.2, -0.15) is 4.98 Å². The van der Waals surface area contributed by atoms with Crippen LogP contribution in [0.5, 0.6) is 6.01 Å². The van der Waals surface area contributed by atoms with Crippen LogP contribution in [0.2, 0.25) is 5.02 Å². The molecule has 0 radical (unpaired) electrons. The lowest BCUT2D eigenvalue weighted by Gasteiger charge is -2.27. The summed E-state index contributed by atoms with van der Waals surface area (Å²) in [6.07, 6.45) is 3.57. The highest BCUT2D eigenvalue weighted by atomic mass is 35.5. The van der Waals surface area contributed by atoms with Crippen LogP contribution in [0.3, 0.4) is 0 Å². The van der Waals surface area contributed by atoms with Crippen molar-refractivity contribution in [1.82, 2.24) is 14.9 Å². The second-order valence-electron chi connectivity index (χ2n) is 6.31. The van der Waals surface area contributed by atoms with Crippen molar-refractivity contribution in [3.63, 3.8) is 0 Å². The van der Waals surface area contributed by atoms with Crippen molar-refractivity contribution in [3.8, 4) is 6.01 Å². The maximum atomic E-state index is 10.7. The lowest BCUT2D eigenvalue weighted by molar-refractivity contribution is -0.137. The summed E-state index contributed by atoms with van der Waals surface area (Å²) in [7, 11) is 0. The number of hydrogen-bond acceptors (Lipinski definition) is 5. The Labute approximate surface area is 157 Å². The topological polar surface area (TPSA) is 75.6 Å². The molecule has 6 nitrogen and oxygen atoms in total. The fourth-order valence-corrected chi connectivity index (χ4v) is 3.35. The molecule has 1 aromatic carbocycles. The number of aryl methyl sites for hydroxylation is 1. The van der Waals surface area contributed by atoms with Crippen LogP contribution in [0.4, 0.5) is 0 Å². The van der Waals surface area contributed by atoms with Crippen molar-refractivity contribution in [2.75, 3.05) is 13.1 Å². The molecule has 0 spiro atoms. The lowest BCUT2D eigenvalue weighted by atomic mass is 10.1. The molecule has 7 heteroatoms. The van der Waals surface area contributed by atoms with E-state index in [2.05, 4.69) is 21.8 Å². The summed E-state index contributed by atoms with van der Waals surface area (Å²) in [5.41, 5.74) is 4.12. The highest BCUT2D eigenvalue weighted by Gasteiger charge is 2.19. The van der Waals surface area contributed by atoms with Gasteiger partial charge < -0.3 is 9.84 Å². The number of aliphatic carboxylic acids is 1. The van der Waals surface area contributed by atoms with E-state index in [-0.39, 0.29) is 6.42 Å². The van der Waals surface area contributed by atoms with Crippen LogP contribution in [0, 0.1) is 0 Å². The molecule has 0 amide bonds. The van der Waals surface area contributed by atoms with Gasteiger partial charge in [0, 0.05) is 48.4 Å². The van der Waals surface area contributed by atoms with E-state index in [1.807, 2.05) is 18.2 Å². The van der Waals surface area contributed by atoms with E-state index in [1.165, 1.54) is 0 Å². The number of carboxylic acid groups (broad SMARTS) is 1. The molecule has 26 heavy (non-hydrogen) atoms. The van der Waals surface area contributed by atoms with Gasteiger partial charge in [-0.25, -0.2) is 4.98 Å². The number of ether oxygens (including phenoxy) is 1. The standard InChI is InChI=1S/C19H22ClN3O3/c1-2-13-4-3-5-16(20)15(13)12-26-19-21-10-14-11-23(9-7-18(24)25)8-6-17(14)22-19/h3-5,10H,2,6-9,11-12H2,1H3,(H,24,25). The lowest BCUT2D eigenvalue weighted by Crippen LogP contribution is -2.33. The van der Waals surface area contributed by atoms with Gasteiger partial charge in [0.25, 0.3) is 0 Å². The minimum absolute atomic E-state index is 0.148. The maximum Gasteiger partial charge on any atom is 0.316 e. The van der Waals surface area contributed by atoms with Crippen LogP contribution < -0.4 is 4.74 Å². The second kappa shape index (κ2) is 8.47. The largest absolute Gasteiger partial charge is 0.481 e. The summed E-state index contributed by atoms with van der Waals surface area (Å²) in [6, 6.07) is 6.20. The van der Waals surface area contributed by atoms with Crippen molar-refractivity contribution in [2.24, 2.45) is 0 Å². The van der Waals surface area contributed by atoms with E-state index in [0.717, 1.165) is 41.8 Å². The van der Waals surface area contributed by atoms with Crippen LogP contribution in [0.25, 0.3) is 0 Å². The van der Waals surface area contributed by atoms with Gasteiger partial charge in [0.15, 0.2) is 0 Å². The number of fused-ring (bicyclic) bond motifs is 1. The van der Waals surface area contributed by atoms with E-state index in [9.17, 15) is 4.79 Å². The number of aromatic nitrogens is 2. The molecule has 0 unspecified atom stereocenters. The third-order valence-corrected chi connectivity index (χ3v) is 4.93. The third-order valence-electron chi connectivity index (χ3n) is 4.58. The Kier molecular flexibility index (Phi) is 6.06. The molecule has 1 N–H and O–H groups in total. The summed E-state index contributed by atoms with van der Waals surface area (Å²) in [4.78, 5) is 21.6. The minimum atomic E-state index is -0.776. The molecule has 138 valence electrons. The van der Waals surface area contributed by atoms with E-state index in [1.54, 1.807) is 6.20 Å². The Morgan fingerprint density at radius 1 is 1.42 bits per heavy atom. The molecule has 0 fully saturated rings. The predicted octanol–water partition coefficient (Wildman–Crippen LogP) is 3.10. The zero-order valence-electron chi connectivity index (χ0n) is 14.7. The zero-order valence-corrected chi connectivity index (χ0v) is 15.5. The summed E-state index contributed by atoms with van der Waals surface area (Å²) in [5.74, 6) is -0.776. The smallest absolute Gasteiger partial charge is 0.316 e. The van der Waals surface area contributed by atoms with Gasteiger partial charge in [-0.15, -0.1) is 0 Å². The number of rotatable bonds is 7. The molecular formula is C19H22ClN3O3. The normalized spacial score (nSPS) is 14.1. The van der Waals surface area contributed by atoms with Gasteiger partial charge in [0.2, 0.25) is 0 Å². The van der Waals surface area contributed by atoms with Crippen molar-refractivity contribution in [3.05, 3.63) is 51.8 Å². The average molecular weight is 376 g/mol. The van der Waals surface area contributed by atoms with Crippen LogP contribution >= 0.6 is 11.6 Å². The molecule has 2 aromatic rings. The summed E-state index contributed by atoms with van der Waals surface area (Å²) < 4.78 is 5.79. The number of carboxylic acids is 1. The summed E-state index contributed by atoms with van der Waals surface area (Å²) in [6.45, 7) is 4.43. The highest BCUT2D eigenvalue weighted by molar-refractivity contribution is 6.31. The van der Waals surface area contributed by atoms with Crippen molar-refractivity contribution >= 4 is 17.6 Å². The maximum absolute atomic E-state index is 10.7. The van der Waals surface area contributed by atoms with Gasteiger partial charge in [0.05, 0.1) is 12.1 Å². The molecule has 0 saturated heterocycles. The van der Waals surface area contributed by atoms with E-state index in [4.69, 9.17) is 21.4 Å². The molecule has 2 heterocycles. The Hall–Kier alpha value is -2.18. The van der Waals surface area contributed by atoms with Gasteiger partial charge in [0.1, 0.15) is 6.61 Å². The molecule has 1 aromatic heterocycles. The molecule has 0 atom stereocenters. The van der Waals surface area contributed by atoms with Gasteiger partial charge in [-0.05, 0) is 18.1 Å². The molecule has 3 rings (SSSR count). The molecule has 0 bridgehead atoms. The Bertz CT molecular complexity index is 798. The van der Waals surface area contributed by atoms with Gasteiger partial charge in [-0.3, -0.25) is 9.69 Å². The van der Waals surface area contributed by atoms with Crippen LogP contribution in [-0.4, -0.2) is 39.0 Å². The molecule has 0 saturated carbocycles. The van der Waals surface area contributed by atoms with Crippen molar-refractivity contribution in [1.29, 1.82) is 0 Å². The Morgan fingerprint density at radius 3 is 3.04 bits per heavy atom. The minimum Gasteiger partial charge on any atom is -0.481 e. The molecule has 1 aliphatic heterocycles. The monoisotopic (exact) mass is 375 g/mol. The first-order valence-electron chi connectivity index (χ1n) is 8.74. The van der Waals surface area contributed by atoms with E-state index >= 15 is 0 Å². The second-order valence-corrected chi connectivity index (χ2v) is 6.72. The van der Waals surface area contributed by atoms with Gasteiger partial charge in [-0.1, -0.05) is 30.7 Å². The molecule has 1 aliphatic rings. The molecular weight excluding hydrogens is 354 g/mol. The molecule has 0 aliphatic carbocycles. The SMILES string of the molecule is CCc1cccc(Cl)c1COc1ncc2c(n1)CCN(CCC(=O)O)C2. The first-order valence-corrected chi connectivity index (χ1v) is 9.12. The number of hydrogen-bond donors (Lipinski definition) is 1. The van der Waals surface area contributed by atoms with Crippen LogP contribution in [-0.2, 0) is 30.8 Å². The Balaban J connectivity index is 1.65. The number of carbonyl (C=O) groups is 1. The highest BCUT2D eigenvalue weighted by Crippen LogP contribution is 2.23. The Morgan fingerprint density at radius 2 is 2.27 bits per heavy atom. The first kappa shape index (κ1) is 18.6. The van der Waals surface area contributed by atoms with Crippen molar-refractivity contribution < 1.29 is 14.6 Å². The van der Waals surface area contributed by atoms with Crippen LogP contribution in [0.15, 0.2) is 24.4 Å².